The summed E-state index contributed by atoms with van der Waals surface area (Å²) in [6.45, 7) is 4.50. The van der Waals surface area contributed by atoms with Gasteiger partial charge in [0, 0.05) is 29.7 Å². The van der Waals surface area contributed by atoms with E-state index in [0.717, 1.165) is 17.9 Å². The molecule has 2 unspecified atom stereocenters. The molecule has 2 atom stereocenters. The van der Waals surface area contributed by atoms with Crippen molar-refractivity contribution in [2.75, 3.05) is 5.75 Å². The molecule has 1 aromatic rings. The molecule has 1 aromatic heterocycles. The van der Waals surface area contributed by atoms with E-state index >= 15 is 0 Å². The second-order valence-electron chi connectivity index (χ2n) is 6.20. The summed E-state index contributed by atoms with van der Waals surface area (Å²) >= 11 is 1.99. The molecular weight excluding hydrogens is 280 g/mol. The molecular formula is C16H30N4S. The Morgan fingerprint density at radius 2 is 2.19 bits per heavy atom. The molecule has 21 heavy (non-hydrogen) atoms. The normalized spacial score (nSPS) is 19.6. The molecule has 0 spiro atoms. The third-order valence-corrected chi connectivity index (χ3v) is 5.96. The van der Waals surface area contributed by atoms with E-state index in [1.165, 1.54) is 38.5 Å². The summed E-state index contributed by atoms with van der Waals surface area (Å²) in [4.78, 5) is 0. The van der Waals surface area contributed by atoms with Crippen molar-refractivity contribution >= 4 is 11.8 Å². The smallest absolute Gasteiger partial charge is 0.0641 e. The van der Waals surface area contributed by atoms with Gasteiger partial charge in [0.15, 0.2) is 0 Å². The fourth-order valence-corrected chi connectivity index (χ4v) is 3.86. The summed E-state index contributed by atoms with van der Waals surface area (Å²) in [6, 6.07) is 3.08. The first-order valence-corrected chi connectivity index (χ1v) is 9.39. The Morgan fingerprint density at radius 3 is 2.86 bits per heavy atom. The minimum atomic E-state index is 0.304. The number of hydrazine groups is 1. The third kappa shape index (κ3) is 5.31. The van der Waals surface area contributed by atoms with Crippen molar-refractivity contribution in [3.63, 3.8) is 0 Å². The molecule has 0 aliphatic heterocycles. The van der Waals surface area contributed by atoms with Crippen molar-refractivity contribution in [3.05, 3.63) is 18.0 Å². The monoisotopic (exact) mass is 310 g/mol. The maximum absolute atomic E-state index is 5.70. The molecule has 5 heteroatoms. The van der Waals surface area contributed by atoms with Gasteiger partial charge in [0.2, 0.25) is 0 Å². The van der Waals surface area contributed by atoms with E-state index in [9.17, 15) is 0 Å². The summed E-state index contributed by atoms with van der Waals surface area (Å²) in [7, 11) is 0. The van der Waals surface area contributed by atoms with Crippen molar-refractivity contribution in [1.82, 2.24) is 15.2 Å². The molecule has 1 fully saturated rings. The van der Waals surface area contributed by atoms with Gasteiger partial charge in [0.25, 0.3) is 0 Å². The van der Waals surface area contributed by atoms with E-state index in [0.29, 0.717) is 17.3 Å². The van der Waals surface area contributed by atoms with E-state index < -0.39 is 0 Å². The van der Waals surface area contributed by atoms with Gasteiger partial charge >= 0.3 is 0 Å². The predicted octanol–water partition coefficient (Wildman–Crippen LogP) is 3.29. The largest absolute Gasteiger partial charge is 0.271 e. The zero-order valence-electron chi connectivity index (χ0n) is 13.4. The first kappa shape index (κ1) is 16.8. The minimum absolute atomic E-state index is 0.304. The van der Waals surface area contributed by atoms with E-state index in [2.05, 4.69) is 36.2 Å². The van der Waals surface area contributed by atoms with Gasteiger partial charge < -0.3 is 0 Å². The maximum atomic E-state index is 5.70. The van der Waals surface area contributed by atoms with Crippen LogP contribution in [-0.2, 0) is 6.42 Å². The zero-order valence-corrected chi connectivity index (χ0v) is 14.2. The van der Waals surface area contributed by atoms with Crippen molar-refractivity contribution < 1.29 is 0 Å². The van der Waals surface area contributed by atoms with Crippen LogP contribution in [0.3, 0.4) is 0 Å². The summed E-state index contributed by atoms with van der Waals surface area (Å²) in [5.74, 6) is 6.74. The van der Waals surface area contributed by atoms with Crippen LogP contribution in [0.1, 0.15) is 64.1 Å². The van der Waals surface area contributed by atoms with E-state index in [1.54, 1.807) is 0 Å². The Labute approximate surface area is 133 Å². The molecule has 1 heterocycles. The standard InChI is InChI=1S/C16H30N4S/c1-3-13(2)21-12-15(18-17)11-14-9-10-20(19-14)16-7-5-4-6-8-16/h9-10,13,15-16,18H,3-8,11-12,17H2,1-2H3. The Bertz CT molecular complexity index is 401. The molecule has 2 rings (SSSR count). The lowest BCUT2D eigenvalue weighted by Crippen LogP contribution is -2.39. The topological polar surface area (TPSA) is 55.9 Å². The lowest BCUT2D eigenvalue weighted by Gasteiger charge is -2.22. The Kier molecular flexibility index (Phi) is 7.07. The van der Waals surface area contributed by atoms with E-state index in [4.69, 9.17) is 10.9 Å². The number of nitrogens with zero attached hydrogens (tertiary/aromatic N) is 2. The SMILES string of the molecule is CCC(C)SCC(Cc1ccn(C2CCCCC2)n1)NN. The molecule has 120 valence electrons. The average molecular weight is 311 g/mol. The predicted molar refractivity (Wildman–Crippen MR) is 91.4 cm³/mol. The van der Waals surface area contributed by atoms with E-state index in [1.807, 2.05) is 11.8 Å². The van der Waals surface area contributed by atoms with Gasteiger partial charge in [-0.05, 0) is 25.3 Å². The molecule has 4 nitrogen and oxygen atoms in total. The number of thioether (sulfide) groups is 1. The Balaban J connectivity index is 1.84. The van der Waals surface area contributed by atoms with Gasteiger partial charge in [-0.3, -0.25) is 16.0 Å². The number of nitrogens with two attached hydrogens (primary N) is 1. The molecule has 1 aliphatic rings. The highest BCUT2D eigenvalue weighted by molar-refractivity contribution is 7.99. The molecule has 1 aliphatic carbocycles. The van der Waals surface area contributed by atoms with Crippen LogP contribution in [0.2, 0.25) is 0 Å². The molecule has 1 saturated carbocycles. The van der Waals surface area contributed by atoms with Crippen LogP contribution in [0.5, 0.6) is 0 Å². The minimum Gasteiger partial charge on any atom is -0.271 e. The van der Waals surface area contributed by atoms with Gasteiger partial charge in [0.05, 0.1) is 11.7 Å². The summed E-state index contributed by atoms with van der Waals surface area (Å²) in [5.41, 5.74) is 4.11. The van der Waals surface area contributed by atoms with Gasteiger partial charge in [0.1, 0.15) is 0 Å². The van der Waals surface area contributed by atoms with Crippen molar-refractivity contribution in [2.45, 2.75) is 76.1 Å². The Morgan fingerprint density at radius 1 is 1.43 bits per heavy atom. The number of rotatable bonds is 8. The van der Waals surface area contributed by atoms with Crippen molar-refractivity contribution in [3.8, 4) is 0 Å². The summed E-state index contributed by atoms with van der Waals surface area (Å²) < 4.78 is 2.18. The number of hydrogen-bond donors (Lipinski definition) is 2. The molecule has 3 N–H and O–H groups in total. The van der Waals surface area contributed by atoms with Crippen molar-refractivity contribution in [2.24, 2.45) is 5.84 Å². The molecule has 0 amide bonds. The van der Waals surface area contributed by atoms with Crippen LogP contribution < -0.4 is 11.3 Å². The molecule has 0 radical (unpaired) electrons. The van der Waals surface area contributed by atoms with Gasteiger partial charge in [-0.2, -0.15) is 16.9 Å². The molecule has 0 aromatic carbocycles. The maximum Gasteiger partial charge on any atom is 0.0641 e. The highest BCUT2D eigenvalue weighted by atomic mass is 32.2. The first-order chi connectivity index (χ1) is 10.2. The number of hydrogen-bond acceptors (Lipinski definition) is 4. The van der Waals surface area contributed by atoms with Crippen LogP contribution in [0.15, 0.2) is 12.3 Å². The van der Waals surface area contributed by atoms with Crippen LogP contribution in [-0.4, -0.2) is 26.8 Å². The number of aromatic nitrogens is 2. The van der Waals surface area contributed by atoms with Crippen LogP contribution in [0, 0.1) is 0 Å². The highest BCUT2D eigenvalue weighted by Crippen LogP contribution is 2.27. The lowest BCUT2D eigenvalue weighted by atomic mass is 9.96. The van der Waals surface area contributed by atoms with Crippen LogP contribution in [0.4, 0.5) is 0 Å². The van der Waals surface area contributed by atoms with Gasteiger partial charge in [-0.25, -0.2) is 0 Å². The lowest BCUT2D eigenvalue weighted by molar-refractivity contribution is 0.327. The van der Waals surface area contributed by atoms with Crippen LogP contribution in [0.25, 0.3) is 0 Å². The first-order valence-electron chi connectivity index (χ1n) is 8.34. The summed E-state index contributed by atoms with van der Waals surface area (Å²) in [6.07, 6.45) is 10.9. The Hall–Kier alpha value is -0.520. The average Bonchev–Trinajstić information content (AvgIpc) is 3.00. The van der Waals surface area contributed by atoms with Crippen LogP contribution >= 0.6 is 11.8 Å². The van der Waals surface area contributed by atoms with E-state index in [-0.39, 0.29) is 0 Å². The van der Waals surface area contributed by atoms with Crippen molar-refractivity contribution in [1.29, 1.82) is 0 Å². The second kappa shape index (κ2) is 8.81. The fourth-order valence-electron chi connectivity index (χ4n) is 2.85. The number of nitrogens with one attached hydrogen (secondary N) is 1. The fraction of sp³-hybridized carbons (Fsp3) is 0.812. The molecule has 0 saturated heterocycles. The quantitative estimate of drug-likeness (QED) is 0.571. The third-order valence-electron chi connectivity index (χ3n) is 4.46. The van der Waals surface area contributed by atoms with Gasteiger partial charge in [-0.15, -0.1) is 0 Å². The molecule has 0 bridgehead atoms. The highest BCUT2D eigenvalue weighted by Gasteiger charge is 2.17. The van der Waals surface area contributed by atoms with Gasteiger partial charge in [-0.1, -0.05) is 33.1 Å². The zero-order chi connectivity index (χ0) is 15.1. The second-order valence-corrected chi connectivity index (χ2v) is 7.67. The summed E-state index contributed by atoms with van der Waals surface area (Å²) in [5, 5.41) is 5.48.